The Morgan fingerprint density at radius 1 is 1.00 bits per heavy atom. The predicted octanol–water partition coefficient (Wildman–Crippen LogP) is 3.16. The number of para-hydroxylation sites is 1. The van der Waals surface area contributed by atoms with E-state index < -0.39 is 0 Å². The molecule has 1 aromatic carbocycles. The molecule has 1 aromatic rings. The highest BCUT2D eigenvalue weighted by Crippen LogP contribution is 2.12. The van der Waals surface area contributed by atoms with Gasteiger partial charge in [-0.25, -0.2) is 0 Å². The molecule has 0 N–H and O–H groups in total. The van der Waals surface area contributed by atoms with Gasteiger partial charge in [-0.05, 0) is 38.1 Å². The highest BCUT2D eigenvalue weighted by molar-refractivity contribution is 5.92. The molecule has 1 amide bonds. The number of hydrogen-bond acceptors (Lipinski definition) is 2. The summed E-state index contributed by atoms with van der Waals surface area (Å²) in [5, 5.41) is 0. The number of benzene rings is 1. The van der Waals surface area contributed by atoms with Crippen molar-refractivity contribution in [1.82, 2.24) is 4.90 Å². The first-order chi connectivity index (χ1) is 9.19. The molecule has 0 aliphatic carbocycles. The maximum atomic E-state index is 12.2. The first-order valence-electron chi connectivity index (χ1n) is 7.23. The summed E-state index contributed by atoms with van der Waals surface area (Å²) in [6, 6.07) is 9.81. The van der Waals surface area contributed by atoms with Crippen molar-refractivity contribution < 1.29 is 4.79 Å². The molecule has 0 spiro atoms. The van der Waals surface area contributed by atoms with Gasteiger partial charge in [0.1, 0.15) is 0 Å². The van der Waals surface area contributed by atoms with E-state index in [0.717, 1.165) is 38.2 Å². The summed E-state index contributed by atoms with van der Waals surface area (Å²) in [7, 11) is 1.85. The lowest BCUT2D eigenvalue weighted by atomic mass is 10.2. The third-order valence-electron chi connectivity index (χ3n) is 3.24. The van der Waals surface area contributed by atoms with Crippen LogP contribution in [0.15, 0.2) is 30.3 Å². The van der Waals surface area contributed by atoms with Gasteiger partial charge in [0.05, 0.1) is 0 Å². The monoisotopic (exact) mass is 262 g/mol. The summed E-state index contributed by atoms with van der Waals surface area (Å²) in [6.07, 6.45) is 2.87. The average molecular weight is 262 g/mol. The van der Waals surface area contributed by atoms with E-state index in [-0.39, 0.29) is 5.91 Å². The first-order valence-corrected chi connectivity index (χ1v) is 7.23. The Kier molecular flexibility index (Phi) is 7.19. The minimum atomic E-state index is 0.184. The van der Waals surface area contributed by atoms with Crippen molar-refractivity contribution in [2.24, 2.45) is 0 Å². The SMILES string of the molecule is CCCN(CCC)CCC(=O)N(C)c1ccccc1. The van der Waals surface area contributed by atoms with Crippen molar-refractivity contribution >= 4 is 11.6 Å². The van der Waals surface area contributed by atoms with Crippen LogP contribution < -0.4 is 4.90 Å². The molecule has 0 radical (unpaired) electrons. The molecule has 0 aliphatic rings. The quantitative estimate of drug-likeness (QED) is 0.718. The van der Waals surface area contributed by atoms with Crippen LogP contribution in [0, 0.1) is 0 Å². The first kappa shape index (κ1) is 15.7. The Bertz CT molecular complexity index is 358. The maximum Gasteiger partial charge on any atom is 0.228 e. The topological polar surface area (TPSA) is 23.6 Å². The van der Waals surface area contributed by atoms with Gasteiger partial charge in [0.2, 0.25) is 5.91 Å². The zero-order valence-electron chi connectivity index (χ0n) is 12.4. The van der Waals surface area contributed by atoms with E-state index >= 15 is 0 Å². The Hall–Kier alpha value is -1.35. The third kappa shape index (κ3) is 5.43. The van der Waals surface area contributed by atoms with Crippen LogP contribution in [0.4, 0.5) is 5.69 Å². The van der Waals surface area contributed by atoms with E-state index in [1.54, 1.807) is 4.90 Å². The molecule has 0 unspecified atom stereocenters. The van der Waals surface area contributed by atoms with Crippen LogP contribution in [-0.4, -0.2) is 37.5 Å². The van der Waals surface area contributed by atoms with Crippen LogP contribution in [-0.2, 0) is 4.79 Å². The van der Waals surface area contributed by atoms with Gasteiger partial charge in [0.25, 0.3) is 0 Å². The van der Waals surface area contributed by atoms with E-state index in [0.29, 0.717) is 6.42 Å². The van der Waals surface area contributed by atoms with Crippen LogP contribution >= 0.6 is 0 Å². The zero-order valence-corrected chi connectivity index (χ0v) is 12.4. The fraction of sp³-hybridized carbons (Fsp3) is 0.562. The molecule has 3 heteroatoms. The molecule has 106 valence electrons. The predicted molar refractivity (Wildman–Crippen MR) is 81.5 cm³/mol. The largest absolute Gasteiger partial charge is 0.315 e. The Morgan fingerprint density at radius 2 is 1.58 bits per heavy atom. The highest BCUT2D eigenvalue weighted by atomic mass is 16.2. The zero-order chi connectivity index (χ0) is 14.1. The molecule has 0 atom stereocenters. The molecule has 0 heterocycles. The molecule has 3 nitrogen and oxygen atoms in total. The van der Waals surface area contributed by atoms with Crippen molar-refractivity contribution in [2.45, 2.75) is 33.1 Å². The van der Waals surface area contributed by atoms with Gasteiger partial charge in [-0.3, -0.25) is 4.79 Å². The normalized spacial score (nSPS) is 10.7. The number of rotatable bonds is 8. The van der Waals surface area contributed by atoms with Gasteiger partial charge in [-0.15, -0.1) is 0 Å². The minimum Gasteiger partial charge on any atom is -0.315 e. The smallest absolute Gasteiger partial charge is 0.228 e. The Balaban J connectivity index is 2.45. The van der Waals surface area contributed by atoms with Gasteiger partial charge in [0, 0.05) is 25.7 Å². The van der Waals surface area contributed by atoms with Crippen molar-refractivity contribution in [3.8, 4) is 0 Å². The lowest BCUT2D eigenvalue weighted by molar-refractivity contribution is -0.118. The minimum absolute atomic E-state index is 0.184. The summed E-state index contributed by atoms with van der Waals surface area (Å²) in [5.41, 5.74) is 0.963. The van der Waals surface area contributed by atoms with Gasteiger partial charge >= 0.3 is 0 Å². The average Bonchev–Trinajstić information content (AvgIpc) is 2.45. The number of carbonyl (C=O) groups is 1. The summed E-state index contributed by atoms with van der Waals surface area (Å²) in [6.45, 7) is 7.38. The van der Waals surface area contributed by atoms with E-state index in [4.69, 9.17) is 0 Å². The number of amides is 1. The molecule has 0 saturated heterocycles. The standard InChI is InChI=1S/C16H26N2O/c1-4-12-18(13-5-2)14-11-16(19)17(3)15-9-7-6-8-10-15/h6-10H,4-5,11-14H2,1-3H3. The summed E-state index contributed by atoms with van der Waals surface area (Å²) in [5.74, 6) is 0.184. The van der Waals surface area contributed by atoms with Gasteiger partial charge in [-0.2, -0.15) is 0 Å². The van der Waals surface area contributed by atoms with Crippen molar-refractivity contribution in [3.63, 3.8) is 0 Å². The van der Waals surface area contributed by atoms with Crippen LogP contribution in [0.2, 0.25) is 0 Å². The molecule has 1 rings (SSSR count). The lowest BCUT2D eigenvalue weighted by Gasteiger charge is -2.23. The molecule has 0 aliphatic heterocycles. The summed E-state index contributed by atoms with van der Waals surface area (Å²) >= 11 is 0. The van der Waals surface area contributed by atoms with E-state index in [1.807, 2.05) is 37.4 Å². The van der Waals surface area contributed by atoms with Crippen LogP contribution in [0.5, 0.6) is 0 Å². The number of carbonyl (C=O) groups excluding carboxylic acids is 1. The summed E-state index contributed by atoms with van der Waals surface area (Å²) < 4.78 is 0. The van der Waals surface area contributed by atoms with Gasteiger partial charge in [0.15, 0.2) is 0 Å². The molecule has 19 heavy (non-hydrogen) atoms. The highest BCUT2D eigenvalue weighted by Gasteiger charge is 2.12. The lowest BCUT2D eigenvalue weighted by Crippen LogP contribution is -2.33. The Morgan fingerprint density at radius 3 is 2.11 bits per heavy atom. The fourth-order valence-corrected chi connectivity index (χ4v) is 2.18. The van der Waals surface area contributed by atoms with Gasteiger partial charge in [-0.1, -0.05) is 32.0 Å². The number of hydrogen-bond donors (Lipinski definition) is 0. The van der Waals surface area contributed by atoms with Crippen LogP contribution in [0.25, 0.3) is 0 Å². The van der Waals surface area contributed by atoms with E-state index in [9.17, 15) is 4.79 Å². The van der Waals surface area contributed by atoms with Crippen LogP contribution in [0.3, 0.4) is 0 Å². The number of anilines is 1. The van der Waals surface area contributed by atoms with Crippen molar-refractivity contribution in [1.29, 1.82) is 0 Å². The molecular formula is C16H26N2O. The second-order valence-electron chi connectivity index (χ2n) is 4.88. The molecular weight excluding hydrogens is 236 g/mol. The summed E-state index contributed by atoms with van der Waals surface area (Å²) in [4.78, 5) is 16.3. The molecule has 0 bridgehead atoms. The second kappa shape index (κ2) is 8.70. The fourth-order valence-electron chi connectivity index (χ4n) is 2.18. The Labute approximate surface area is 117 Å². The molecule has 0 fully saturated rings. The molecule has 0 aromatic heterocycles. The van der Waals surface area contributed by atoms with E-state index in [2.05, 4.69) is 18.7 Å². The van der Waals surface area contributed by atoms with Gasteiger partial charge < -0.3 is 9.80 Å². The van der Waals surface area contributed by atoms with E-state index in [1.165, 1.54) is 0 Å². The van der Waals surface area contributed by atoms with Crippen LogP contribution in [0.1, 0.15) is 33.1 Å². The number of nitrogens with zero attached hydrogens (tertiary/aromatic N) is 2. The van der Waals surface area contributed by atoms with Crippen molar-refractivity contribution in [2.75, 3.05) is 31.6 Å². The maximum absolute atomic E-state index is 12.2. The second-order valence-corrected chi connectivity index (χ2v) is 4.88. The molecule has 0 saturated carbocycles. The van der Waals surface area contributed by atoms with Crippen molar-refractivity contribution in [3.05, 3.63) is 30.3 Å². The third-order valence-corrected chi connectivity index (χ3v) is 3.24.